The summed E-state index contributed by atoms with van der Waals surface area (Å²) in [5.41, 5.74) is 0.773. The van der Waals surface area contributed by atoms with Crippen LogP contribution in [0.4, 0.5) is 0 Å². The molecule has 0 aliphatic carbocycles. The molecular weight excluding hydrogens is 244 g/mol. The topological polar surface area (TPSA) is 71.4 Å². The van der Waals surface area contributed by atoms with Crippen LogP contribution in [0.15, 0.2) is 18.2 Å². The minimum atomic E-state index is -0.377. The number of ether oxygens (including phenoxy) is 2. The van der Waals surface area contributed by atoms with Gasteiger partial charge in [-0.2, -0.15) is 5.26 Å². The van der Waals surface area contributed by atoms with Crippen LogP contribution >= 0.6 is 0 Å². The zero-order chi connectivity index (χ0) is 14.3. The minimum absolute atomic E-state index is 0.0762. The molecule has 102 valence electrons. The number of carbonyl (C=O) groups excluding carboxylic acids is 1. The van der Waals surface area contributed by atoms with Crippen LogP contribution in [0, 0.1) is 11.3 Å². The van der Waals surface area contributed by atoms with Crippen LogP contribution in [0.1, 0.15) is 24.3 Å². The summed E-state index contributed by atoms with van der Waals surface area (Å²) in [6.07, 6.45) is 0.767. The lowest BCUT2D eigenvalue weighted by atomic mass is 9.94. The second-order valence-corrected chi connectivity index (χ2v) is 4.00. The molecule has 5 nitrogen and oxygen atoms in total. The molecule has 1 rings (SSSR count). The molecule has 0 heterocycles. The minimum Gasteiger partial charge on any atom is -0.497 e. The summed E-state index contributed by atoms with van der Waals surface area (Å²) < 4.78 is 10.4. The molecule has 0 aromatic heterocycles. The Balaban J connectivity index is 2.92. The standard InChI is InChI=1S/C14H18N2O3/c1-16-14(17)7-4-10(9-15)12-6-5-11(18-2)8-13(12)19-3/h5-6,8,10H,4,7H2,1-3H3,(H,16,17). The predicted molar refractivity (Wildman–Crippen MR) is 71.2 cm³/mol. The van der Waals surface area contributed by atoms with E-state index >= 15 is 0 Å². The normalized spacial score (nSPS) is 11.3. The highest BCUT2D eigenvalue weighted by Gasteiger charge is 2.17. The van der Waals surface area contributed by atoms with E-state index in [-0.39, 0.29) is 11.8 Å². The van der Waals surface area contributed by atoms with Crippen molar-refractivity contribution in [2.24, 2.45) is 0 Å². The fourth-order valence-electron chi connectivity index (χ4n) is 1.80. The van der Waals surface area contributed by atoms with Crippen molar-refractivity contribution in [3.63, 3.8) is 0 Å². The van der Waals surface area contributed by atoms with Crippen molar-refractivity contribution in [3.05, 3.63) is 23.8 Å². The summed E-state index contributed by atoms with van der Waals surface area (Å²) in [6, 6.07) is 7.53. The van der Waals surface area contributed by atoms with Crippen LogP contribution in [-0.2, 0) is 4.79 Å². The third-order valence-electron chi connectivity index (χ3n) is 2.91. The summed E-state index contributed by atoms with van der Waals surface area (Å²) in [6.45, 7) is 0. The van der Waals surface area contributed by atoms with Crippen LogP contribution < -0.4 is 14.8 Å². The Morgan fingerprint density at radius 3 is 2.68 bits per heavy atom. The first-order valence-electron chi connectivity index (χ1n) is 5.98. The van der Waals surface area contributed by atoms with Gasteiger partial charge in [-0.15, -0.1) is 0 Å². The highest BCUT2D eigenvalue weighted by molar-refractivity contribution is 5.75. The van der Waals surface area contributed by atoms with Crippen LogP contribution in [0.3, 0.4) is 0 Å². The van der Waals surface area contributed by atoms with Crippen LogP contribution in [0.2, 0.25) is 0 Å². The van der Waals surface area contributed by atoms with Gasteiger partial charge in [0, 0.05) is 25.1 Å². The summed E-state index contributed by atoms with van der Waals surface area (Å²) in [5.74, 6) is 0.817. The van der Waals surface area contributed by atoms with Crippen LogP contribution in [-0.4, -0.2) is 27.2 Å². The molecule has 0 saturated carbocycles. The van der Waals surface area contributed by atoms with Gasteiger partial charge in [0.2, 0.25) is 5.91 Å². The maximum atomic E-state index is 11.2. The molecule has 0 aliphatic heterocycles. The van der Waals surface area contributed by atoms with Gasteiger partial charge in [-0.3, -0.25) is 4.79 Å². The van der Waals surface area contributed by atoms with Crippen molar-refractivity contribution in [1.29, 1.82) is 5.26 Å². The summed E-state index contributed by atoms with van der Waals surface area (Å²) in [7, 11) is 4.70. The molecule has 19 heavy (non-hydrogen) atoms. The molecule has 0 radical (unpaired) electrons. The van der Waals surface area contributed by atoms with Crippen molar-refractivity contribution in [1.82, 2.24) is 5.32 Å². The zero-order valence-corrected chi connectivity index (χ0v) is 11.4. The SMILES string of the molecule is CNC(=O)CCC(C#N)c1ccc(OC)cc1OC. The Labute approximate surface area is 113 Å². The van der Waals surface area contributed by atoms with Crippen molar-refractivity contribution in [3.8, 4) is 17.6 Å². The Kier molecular flexibility index (Phi) is 5.68. The van der Waals surface area contributed by atoms with Gasteiger partial charge < -0.3 is 14.8 Å². The molecule has 1 N–H and O–H groups in total. The molecule has 1 amide bonds. The van der Waals surface area contributed by atoms with E-state index in [2.05, 4.69) is 11.4 Å². The monoisotopic (exact) mass is 262 g/mol. The number of nitrogens with one attached hydrogen (secondary N) is 1. The van der Waals surface area contributed by atoms with Gasteiger partial charge in [-0.1, -0.05) is 6.07 Å². The molecule has 1 aromatic rings. The number of nitrogens with zero attached hydrogens (tertiary/aromatic N) is 1. The number of methoxy groups -OCH3 is 2. The van der Waals surface area contributed by atoms with Gasteiger partial charge in [0.05, 0.1) is 26.2 Å². The Bertz CT molecular complexity index is 480. The Morgan fingerprint density at radius 2 is 2.16 bits per heavy atom. The lowest BCUT2D eigenvalue weighted by Crippen LogP contribution is -2.18. The van der Waals surface area contributed by atoms with Crippen molar-refractivity contribution >= 4 is 5.91 Å². The molecule has 1 atom stereocenters. The quantitative estimate of drug-likeness (QED) is 0.849. The number of benzene rings is 1. The second-order valence-electron chi connectivity index (χ2n) is 4.00. The van der Waals surface area contributed by atoms with Gasteiger partial charge in [0.25, 0.3) is 0 Å². The van der Waals surface area contributed by atoms with E-state index < -0.39 is 0 Å². The van der Waals surface area contributed by atoms with Crippen molar-refractivity contribution in [2.75, 3.05) is 21.3 Å². The Hall–Kier alpha value is -2.22. The number of amides is 1. The average Bonchev–Trinajstić information content (AvgIpc) is 2.47. The smallest absolute Gasteiger partial charge is 0.219 e. The number of hydrogen-bond acceptors (Lipinski definition) is 4. The molecule has 5 heteroatoms. The van der Waals surface area contributed by atoms with E-state index in [0.29, 0.717) is 24.3 Å². The van der Waals surface area contributed by atoms with E-state index in [4.69, 9.17) is 9.47 Å². The summed E-state index contributed by atoms with van der Waals surface area (Å²) in [5, 5.41) is 11.8. The van der Waals surface area contributed by atoms with Gasteiger partial charge in [0.15, 0.2) is 0 Å². The maximum absolute atomic E-state index is 11.2. The van der Waals surface area contributed by atoms with E-state index in [1.54, 1.807) is 39.5 Å². The first kappa shape index (κ1) is 14.8. The number of hydrogen-bond donors (Lipinski definition) is 1. The van der Waals surface area contributed by atoms with E-state index in [0.717, 1.165) is 5.56 Å². The molecular formula is C14H18N2O3. The third-order valence-corrected chi connectivity index (χ3v) is 2.91. The molecule has 0 fully saturated rings. The van der Waals surface area contributed by atoms with Gasteiger partial charge in [0.1, 0.15) is 11.5 Å². The van der Waals surface area contributed by atoms with Gasteiger partial charge in [-0.05, 0) is 12.5 Å². The number of carbonyl (C=O) groups is 1. The van der Waals surface area contributed by atoms with Gasteiger partial charge >= 0.3 is 0 Å². The van der Waals surface area contributed by atoms with Crippen LogP contribution in [0.5, 0.6) is 11.5 Å². The first-order valence-corrected chi connectivity index (χ1v) is 5.98. The molecule has 0 saturated heterocycles. The van der Waals surface area contributed by atoms with Crippen molar-refractivity contribution < 1.29 is 14.3 Å². The van der Waals surface area contributed by atoms with E-state index in [9.17, 15) is 10.1 Å². The average molecular weight is 262 g/mol. The zero-order valence-electron chi connectivity index (χ0n) is 11.4. The van der Waals surface area contributed by atoms with E-state index in [1.807, 2.05) is 0 Å². The second kappa shape index (κ2) is 7.27. The predicted octanol–water partition coefficient (Wildman–Crippen LogP) is 1.84. The van der Waals surface area contributed by atoms with Crippen molar-refractivity contribution in [2.45, 2.75) is 18.8 Å². The lowest BCUT2D eigenvalue weighted by molar-refractivity contribution is -0.120. The molecule has 1 unspecified atom stereocenters. The highest BCUT2D eigenvalue weighted by atomic mass is 16.5. The van der Waals surface area contributed by atoms with Gasteiger partial charge in [-0.25, -0.2) is 0 Å². The molecule has 0 spiro atoms. The van der Waals surface area contributed by atoms with Crippen LogP contribution in [0.25, 0.3) is 0 Å². The molecule has 0 bridgehead atoms. The number of nitriles is 1. The lowest BCUT2D eigenvalue weighted by Gasteiger charge is -2.14. The molecule has 0 aliphatic rings. The fraction of sp³-hybridized carbons (Fsp3) is 0.429. The largest absolute Gasteiger partial charge is 0.497 e. The first-order chi connectivity index (χ1) is 9.15. The summed E-state index contributed by atoms with van der Waals surface area (Å²) in [4.78, 5) is 11.2. The third kappa shape index (κ3) is 3.88. The fourth-order valence-corrected chi connectivity index (χ4v) is 1.80. The summed E-state index contributed by atoms with van der Waals surface area (Å²) >= 11 is 0. The van der Waals surface area contributed by atoms with E-state index in [1.165, 1.54) is 0 Å². The molecule has 1 aromatic carbocycles. The Morgan fingerprint density at radius 1 is 1.42 bits per heavy atom. The highest BCUT2D eigenvalue weighted by Crippen LogP contribution is 2.32. The number of rotatable bonds is 6. The maximum Gasteiger partial charge on any atom is 0.219 e.